The fourth-order valence-electron chi connectivity index (χ4n) is 9.86. The van der Waals surface area contributed by atoms with Gasteiger partial charge in [0.05, 0.1) is 0 Å². The number of hydrogen-bond acceptors (Lipinski definition) is 6. The van der Waals surface area contributed by atoms with Crippen molar-refractivity contribution in [1.29, 1.82) is 0 Å². The summed E-state index contributed by atoms with van der Waals surface area (Å²) in [7, 11) is 0. The molecule has 0 aliphatic rings. The normalized spacial score (nSPS) is 11.9. The molecule has 410 valence electrons. The Bertz CT molecular complexity index is 1030. The van der Waals surface area contributed by atoms with Crippen LogP contribution in [0.4, 0.5) is 0 Å². The van der Waals surface area contributed by atoms with Crippen LogP contribution in [0.2, 0.25) is 0 Å². The van der Waals surface area contributed by atoms with Gasteiger partial charge in [-0.15, -0.1) is 0 Å². The molecule has 0 radical (unpaired) electrons. The van der Waals surface area contributed by atoms with Gasteiger partial charge in [-0.25, -0.2) is 0 Å². The Morgan fingerprint density at radius 1 is 0.232 bits per heavy atom. The molecule has 6 nitrogen and oxygen atoms in total. The standard InChI is InChI=1S/C63H122O6/c1-4-7-10-13-16-19-21-23-25-27-29-30-31-32-34-35-37-39-41-44-47-50-53-56-62(65)68-59-60(58-67-61(64)55-52-49-46-43-18-15-12-9-6-3)69-63(66)57-54-51-48-45-42-40-38-36-33-28-26-24-22-20-17-14-11-8-5-2/h60H,4-59H2,1-3H3. The Morgan fingerprint density at radius 2 is 0.391 bits per heavy atom. The van der Waals surface area contributed by atoms with Crippen molar-refractivity contribution in [3.8, 4) is 0 Å². The summed E-state index contributed by atoms with van der Waals surface area (Å²) in [6, 6.07) is 0. The van der Waals surface area contributed by atoms with Crippen molar-refractivity contribution >= 4 is 17.9 Å². The van der Waals surface area contributed by atoms with Gasteiger partial charge in [0.1, 0.15) is 13.2 Å². The van der Waals surface area contributed by atoms with Crippen molar-refractivity contribution in [2.24, 2.45) is 0 Å². The van der Waals surface area contributed by atoms with Crippen LogP contribution in [0.25, 0.3) is 0 Å². The van der Waals surface area contributed by atoms with Gasteiger partial charge in [-0.3, -0.25) is 14.4 Å². The molecule has 0 bridgehead atoms. The lowest BCUT2D eigenvalue weighted by Crippen LogP contribution is -2.30. The number of hydrogen-bond donors (Lipinski definition) is 0. The predicted molar refractivity (Wildman–Crippen MR) is 298 cm³/mol. The van der Waals surface area contributed by atoms with Crippen molar-refractivity contribution in [2.75, 3.05) is 13.2 Å². The summed E-state index contributed by atoms with van der Waals surface area (Å²) in [6.45, 7) is 6.70. The van der Waals surface area contributed by atoms with Crippen LogP contribution in [-0.2, 0) is 28.6 Å². The third-order valence-corrected chi connectivity index (χ3v) is 14.6. The average molecular weight is 976 g/mol. The summed E-state index contributed by atoms with van der Waals surface area (Å²) in [5.74, 6) is -0.832. The first-order valence-corrected chi connectivity index (χ1v) is 31.5. The monoisotopic (exact) mass is 975 g/mol. The molecule has 0 aliphatic heterocycles. The minimum absolute atomic E-state index is 0.0611. The highest BCUT2D eigenvalue weighted by Gasteiger charge is 2.19. The Morgan fingerprint density at radius 3 is 0.580 bits per heavy atom. The molecule has 0 aromatic carbocycles. The highest BCUT2D eigenvalue weighted by molar-refractivity contribution is 5.71. The Hall–Kier alpha value is -1.59. The molecule has 0 saturated heterocycles. The van der Waals surface area contributed by atoms with Crippen LogP contribution in [0.15, 0.2) is 0 Å². The van der Waals surface area contributed by atoms with Crippen LogP contribution < -0.4 is 0 Å². The molecule has 0 saturated carbocycles. The first-order chi connectivity index (χ1) is 34.0. The van der Waals surface area contributed by atoms with Gasteiger partial charge >= 0.3 is 17.9 Å². The highest BCUT2D eigenvalue weighted by Crippen LogP contribution is 2.18. The molecule has 69 heavy (non-hydrogen) atoms. The van der Waals surface area contributed by atoms with E-state index in [-0.39, 0.29) is 31.1 Å². The molecule has 6 heteroatoms. The van der Waals surface area contributed by atoms with Crippen molar-refractivity contribution in [2.45, 2.75) is 374 Å². The van der Waals surface area contributed by atoms with Crippen molar-refractivity contribution in [3.63, 3.8) is 0 Å². The summed E-state index contributed by atoms with van der Waals surface area (Å²) < 4.78 is 16.9. The number of ether oxygens (including phenoxy) is 3. The van der Waals surface area contributed by atoms with E-state index in [1.54, 1.807) is 0 Å². The molecule has 1 atom stereocenters. The first kappa shape index (κ1) is 67.4. The number of unbranched alkanes of at least 4 members (excludes halogenated alkanes) is 48. The first-order valence-electron chi connectivity index (χ1n) is 31.5. The molecule has 0 heterocycles. The smallest absolute Gasteiger partial charge is 0.306 e. The lowest BCUT2D eigenvalue weighted by Gasteiger charge is -2.18. The molecule has 0 aliphatic carbocycles. The molecule has 0 spiro atoms. The lowest BCUT2D eigenvalue weighted by molar-refractivity contribution is -0.167. The maximum Gasteiger partial charge on any atom is 0.306 e. The SMILES string of the molecule is CCCCCCCCCCCCCCCCCCCCCCCCCC(=O)OCC(COC(=O)CCCCCCCCCCC)OC(=O)CCCCCCCCCCCCCCCCCCCCC. The molecular weight excluding hydrogens is 853 g/mol. The van der Waals surface area contributed by atoms with Crippen LogP contribution in [-0.4, -0.2) is 37.2 Å². The quantitative estimate of drug-likeness (QED) is 0.0343. The van der Waals surface area contributed by atoms with E-state index >= 15 is 0 Å². The van der Waals surface area contributed by atoms with Crippen LogP contribution >= 0.6 is 0 Å². The summed E-state index contributed by atoms with van der Waals surface area (Å²) in [4.78, 5) is 38.1. The minimum Gasteiger partial charge on any atom is -0.462 e. The van der Waals surface area contributed by atoms with E-state index in [1.165, 1.54) is 270 Å². The van der Waals surface area contributed by atoms with Gasteiger partial charge in [0.15, 0.2) is 6.10 Å². The van der Waals surface area contributed by atoms with Crippen LogP contribution in [0.1, 0.15) is 367 Å². The summed E-state index contributed by atoms with van der Waals surface area (Å²) in [5.41, 5.74) is 0. The molecule has 0 rings (SSSR count). The third-order valence-electron chi connectivity index (χ3n) is 14.6. The zero-order valence-corrected chi connectivity index (χ0v) is 47.1. The van der Waals surface area contributed by atoms with Crippen molar-refractivity contribution in [1.82, 2.24) is 0 Å². The second-order valence-corrected chi connectivity index (χ2v) is 21.7. The number of carbonyl (C=O) groups excluding carboxylic acids is 3. The second-order valence-electron chi connectivity index (χ2n) is 21.7. The Balaban J connectivity index is 4.13. The molecule has 0 aromatic rings. The van der Waals surface area contributed by atoms with Gasteiger partial charge in [-0.2, -0.15) is 0 Å². The predicted octanol–water partition coefficient (Wildman–Crippen LogP) is 21.1. The van der Waals surface area contributed by atoms with E-state index < -0.39 is 6.10 Å². The molecule has 0 aromatic heterocycles. The Kier molecular flexibility index (Phi) is 57.6. The zero-order valence-electron chi connectivity index (χ0n) is 47.1. The van der Waals surface area contributed by atoms with Crippen molar-refractivity contribution in [3.05, 3.63) is 0 Å². The van der Waals surface area contributed by atoms with Crippen LogP contribution in [0.5, 0.6) is 0 Å². The van der Waals surface area contributed by atoms with E-state index in [0.717, 1.165) is 57.8 Å². The molecular formula is C63H122O6. The summed E-state index contributed by atoms with van der Waals surface area (Å²) in [5, 5.41) is 0. The second kappa shape index (κ2) is 59.0. The zero-order chi connectivity index (χ0) is 50.0. The maximum atomic E-state index is 12.9. The van der Waals surface area contributed by atoms with Gasteiger partial charge in [-0.05, 0) is 19.3 Å². The van der Waals surface area contributed by atoms with Crippen LogP contribution in [0.3, 0.4) is 0 Å². The number of esters is 3. The number of carbonyl (C=O) groups is 3. The van der Waals surface area contributed by atoms with Gasteiger partial charge in [0.2, 0.25) is 0 Å². The minimum atomic E-state index is -0.761. The van der Waals surface area contributed by atoms with E-state index in [4.69, 9.17) is 14.2 Å². The highest BCUT2D eigenvalue weighted by atomic mass is 16.6. The lowest BCUT2D eigenvalue weighted by atomic mass is 10.0. The molecule has 0 amide bonds. The molecule has 1 unspecified atom stereocenters. The van der Waals surface area contributed by atoms with Crippen molar-refractivity contribution < 1.29 is 28.6 Å². The van der Waals surface area contributed by atoms with Gasteiger partial charge in [0.25, 0.3) is 0 Å². The topological polar surface area (TPSA) is 78.9 Å². The van der Waals surface area contributed by atoms with E-state index in [9.17, 15) is 14.4 Å². The fourth-order valence-corrected chi connectivity index (χ4v) is 9.86. The largest absolute Gasteiger partial charge is 0.462 e. The fraction of sp³-hybridized carbons (Fsp3) is 0.952. The summed E-state index contributed by atoms with van der Waals surface area (Å²) in [6.07, 6.45) is 66.9. The van der Waals surface area contributed by atoms with E-state index in [1.807, 2.05) is 0 Å². The van der Waals surface area contributed by atoms with Gasteiger partial charge in [0, 0.05) is 19.3 Å². The molecule has 0 N–H and O–H groups in total. The maximum absolute atomic E-state index is 12.9. The van der Waals surface area contributed by atoms with Gasteiger partial charge in [-0.1, -0.05) is 329 Å². The molecule has 0 fully saturated rings. The number of rotatable bonds is 59. The Labute approximate surface area is 431 Å². The average Bonchev–Trinajstić information content (AvgIpc) is 3.35. The summed E-state index contributed by atoms with van der Waals surface area (Å²) >= 11 is 0. The van der Waals surface area contributed by atoms with Crippen LogP contribution in [0, 0.1) is 0 Å². The van der Waals surface area contributed by atoms with E-state index in [2.05, 4.69) is 20.8 Å². The van der Waals surface area contributed by atoms with E-state index in [0.29, 0.717) is 19.3 Å². The van der Waals surface area contributed by atoms with Gasteiger partial charge < -0.3 is 14.2 Å². The third kappa shape index (κ3) is 57.2.